The zero-order chi connectivity index (χ0) is 21.3. The number of nitrogens with two attached hydrogens (primary N) is 1. The van der Waals surface area contributed by atoms with Crippen LogP contribution in [0.1, 0.15) is 5.56 Å². The van der Waals surface area contributed by atoms with Gasteiger partial charge in [-0.3, -0.25) is 4.98 Å². The van der Waals surface area contributed by atoms with Crippen LogP contribution in [0.4, 0.5) is 5.69 Å². The highest BCUT2D eigenvalue weighted by Crippen LogP contribution is 2.41. The minimum absolute atomic E-state index is 0.403. The van der Waals surface area contributed by atoms with Gasteiger partial charge < -0.3 is 24.5 Å². The Hall–Kier alpha value is -4.01. The first-order valence-electron chi connectivity index (χ1n) is 9.14. The normalized spacial score (nSPS) is 10.9. The molecule has 2 aliphatic rings. The lowest BCUT2D eigenvalue weighted by atomic mass is 10.1. The summed E-state index contributed by atoms with van der Waals surface area (Å²) in [6.45, 7) is 0.431. The molecule has 30 heavy (non-hydrogen) atoms. The smallest absolute Gasteiger partial charge is 0.348 e. The van der Waals surface area contributed by atoms with Crippen LogP contribution in [0.15, 0.2) is 47.4 Å². The zero-order valence-electron chi connectivity index (χ0n) is 16.8. The van der Waals surface area contributed by atoms with Gasteiger partial charge in [0.25, 0.3) is 0 Å². The summed E-state index contributed by atoms with van der Waals surface area (Å²) in [6.07, 6.45) is 1.67. The van der Waals surface area contributed by atoms with Crippen LogP contribution in [0, 0.1) is 0 Å². The van der Waals surface area contributed by atoms with E-state index in [4.69, 9.17) is 19.9 Å². The SMILES string of the molecule is COc1cc(-c2cnc3[nH]c(=O)nc-3n2Cc2cccc(N)c2)cc(OC)c1OC. The zero-order valence-corrected chi connectivity index (χ0v) is 16.8. The van der Waals surface area contributed by atoms with E-state index in [0.717, 1.165) is 16.8 Å². The molecule has 0 amide bonds. The van der Waals surface area contributed by atoms with Gasteiger partial charge in [-0.25, -0.2) is 9.78 Å². The monoisotopic (exact) mass is 407 g/mol. The first-order chi connectivity index (χ1) is 14.5. The quantitative estimate of drug-likeness (QED) is 0.471. The summed E-state index contributed by atoms with van der Waals surface area (Å²) in [6, 6.07) is 11.2. The summed E-state index contributed by atoms with van der Waals surface area (Å²) < 4.78 is 18.3. The number of fused-ring (bicyclic) bond motifs is 1. The standard InChI is InChI=1S/C21H21N5O4/c1-28-16-8-13(9-17(29-2)18(16)30-3)15-10-23-19-20(25-21(27)24-19)26(15)11-12-5-4-6-14(22)7-12/h4-10H,11,22H2,1-3H3,(H,23,24,27). The molecule has 9 heteroatoms. The van der Waals surface area contributed by atoms with Gasteiger partial charge in [-0.15, -0.1) is 0 Å². The second-order valence-electron chi connectivity index (χ2n) is 6.60. The average molecular weight is 407 g/mol. The Bertz CT molecular complexity index is 1210. The van der Waals surface area contributed by atoms with E-state index in [9.17, 15) is 4.79 Å². The number of ether oxygens (including phenoxy) is 3. The van der Waals surface area contributed by atoms with Crippen molar-refractivity contribution < 1.29 is 14.2 Å². The van der Waals surface area contributed by atoms with Gasteiger partial charge in [0.05, 0.1) is 33.2 Å². The first-order valence-corrected chi connectivity index (χ1v) is 9.14. The van der Waals surface area contributed by atoms with Crippen molar-refractivity contribution >= 4 is 5.69 Å². The van der Waals surface area contributed by atoms with Crippen LogP contribution in [0.5, 0.6) is 17.2 Å². The van der Waals surface area contributed by atoms with Crippen molar-refractivity contribution in [2.75, 3.05) is 27.1 Å². The molecule has 0 atom stereocenters. The lowest BCUT2D eigenvalue weighted by molar-refractivity contribution is 0.324. The lowest BCUT2D eigenvalue weighted by Crippen LogP contribution is -2.11. The predicted molar refractivity (Wildman–Crippen MR) is 112 cm³/mol. The summed E-state index contributed by atoms with van der Waals surface area (Å²) >= 11 is 0. The van der Waals surface area contributed by atoms with Gasteiger partial charge >= 0.3 is 5.69 Å². The second kappa shape index (κ2) is 7.78. The molecule has 9 nitrogen and oxygen atoms in total. The van der Waals surface area contributed by atoms with E-state index in [2.05, 4.69) is 15.0 Å². The van der Waals surface area contributed by atoms with E-state index in [-0.39, 0.29) is 0 Å². The summed E-state index contributed by atoms with van der Waals surface area (Å²) in [4.78, 5) is 23.0. The number of methoxy groups -OCH3 is 3. The highest BCUT2D eigenvalue weighted by molar-refractivity contribution is 5.70. The van der Waals surface area contributed by atoms with Gasteiger partial charge in [0.2, 0.25) is 5.75 Å². The van der Waals surface area contributed by atoms with Crippen LogP contribution in [-0.4, -0.2) is 40.8 Å². The number of benzene rings is 2. The number of hydrogen-bond donors (Lipinski definition) is 2. The van der Waals surface area contributed by atoms with Gasteiger partial charge in [0.1, 0.15) is 0 Å². The third-order valence-corrected chi connectivity index (χ3v) is 4.76. The van der Waals surface area contributed by atoms with Crippen molar-refractivity contribution in [2.45, 2.75) is 6.54 Å². The van der Waals surface area contributed by atoms with Crippen LogP contribution < -0.4 is 25.6 Å². The number of nitrogens with one attached hydrogen (secondary N) is 1. The van der Waals surface area contributed by atoms with Crippen molar-refractivity contribution in [3.05, 3.63) is 58.6 Å². The molecule has 2 heterocycles. The van der Waals surface area contributed by atoms with E-state index in [1.54, 1.807) is 27.5 Å². The number of anilines is 1. The highest BCUT2D eigenvalue weighted by Gasteiger charge is 2.21. The Morgan fingerprint density at radius 1 is 1.07 bits per heavy atom. The number of nitrogens with zero attached hydrogens (tertiary/aromatic N) is 3. The molecule has 0 unspecified atom stereocenters. The molecule has 0 radical (unpaired) electrons. The van der Waals surface area contributed by atoms with E-state index in [0.29, 0.717) is 41.1 Å². The van der Waals surface area contributed by atoms with Crippen LogP contribution in [0.25, 0.3) is 22.9 Å². The summed E-state index contributed by atoms with van der Waals surface area (Å²) in [5.41, 5.74) is 8.58. The van der Waals surface area contributed by atoms with Crippen molar-refractivity contribution in [1.29, 1.82) is 0 Å². The maximum atomic E-state index is 11.9. The Labute approximate surface area is 172 Å². The van der Waals surface area contributed by atoms with Gasteiger partial charge in [-0.1, -0.05) is 12.1 Å². The lowest BCUT2D eigenvalue weighted by Gasteiger charge is -2.19. The van der Waals surface area contributed by atoms with Gasteiger partial charge in [-0.2, -0.15) is 4.98 Å². The number of rotatable bonds is 6. The molecule has 0 saturated carbocycles. The van der Waals surface area contributed by atoms with Crippen molar-refractivity contribution in [3.8, 4) is 40.2 Å². The van der Waals surface area contributed by atoms with Crippen LogP contribution in [-0.2, 0) is 6.54 Å². The maximum Gasteiger partial charge on any atom is 0.348 e. The molecule has 3 N–H and O–H groups in total. The Balaban J connectivity index is 1.95. The molecule has 0 saturated heterocycles. The minimum Gasteiger partial charge on any atom is -0.493 e. The van der Waals surface area contributed by atoms with Crippen molar-refractivity contribution in [1.82, 2.24) is 19.5 Å². The molecular formula is C21H21N5O4. The number of imidazole rings is 1. The molecule has 0 spiro atoms. The van der Waals surface area contributed by atoms with Crippen LogP contribution >= 0.6 is 0 Å². The van der Waals surface area contributed by atoms with Crippen molar-refractivity contribution in [3.63, 3.8) is 0 Å². The number of aromatic amines is 1. The van der Waals surface area contributed by atoms with Crippen LogP contribution in [0.3, 0.4) is 0 Å². The van der Waals surface area contributed by atoms with Gasteiger partial charge in [0.15, 0.2) is 23.1 Å². The molecule has 0 aliphatic carbocycles. The Morgan fingerprint density at radius 2 is 1.80 bits per heavy atom. The average Bonchev–Trinajstić information content (AvgIpc) is 3.13. The maximum absolute atomic E-state index is 11.9. The summed E-state index contributed by atoms with van der Waals surface area (Å²) in [7, 11) is 4.66. The number of aromatic nitrogens is 4. The minimum atomic E-state index is -0.458. The van der Waals surface area contributed by atoms with Gasteiger partial charge in [0, 0.05) is 17.8 Å². The third kappa shape index (κ3) is 3.41. The highest BCUT2D eigenvalue weighted by atomic mass is 16.5. The number of hydrogen-bond acceptors (Lipinski definition) is 7. The van der Waals surface area contributed by atoms with E-state index in [1.165, 1.54) is 0 Å². The summed E-state index contributed by atoms with van der Waals surface area (Å²) in [5.74, 6) is 2.35. The topological polar surface area (TPSA) is 117 Å². The molecule has 0 aromatic heterocycles. The van der Waals surface area contributed by atoms with Gasteiger partial charge in [-0.05, 0) is 29.8 Å². The largest absolute Gasteiger partial charge is 0.493 e. The third-order valence-electron chi connectivity index (χ3n) is 4.76. The Morgan fingerprint density at radius 3 is 2.43 bits per heavy atom. The van der Waals surface area contributed by atoms with E-state index >= 15 is 0 Å². The first kappa shape index (κ1) is 19.3. The number of nitrogen functional groups attached to an aromatic ring is 1. The fraction of sp³-hybridized carbons (Fsp3) is 0.190. The molecule has 0 bridgehead atoms. The number of H-pyrrole nitrogens is 1. The molecule has 2 aromatic rings. The molecule has 4 rings (SSSR count). The van der Waals surface area contributed by atoms with Crippen molar-refractivity contribution in [2.24, 2.45) is 0 Å². The molecule has 2 aliphatic heterocycles. The van der Waals surface area contributed by atoms with E-state index in [1.807, 2.05) is 41.0 Å². The molecule has 154 valence electrons. The second-order valence-corrected chi connectivity index (χ2v) is 6.60. The summed E-state index contributed by atoms with van der Waals surface area (Å²) in [5, 5.41) is 0. The molecule has 0 fully saturated rings. The molecule has 2 aromatic carbocycles. The predicted octanol–water partition coefficient (Wildman–Crippen LogP) is 2.39. The fourth-order valence-electron chi connectivity index (χ4n) is 3.42. The Kier molecular flexibility index (Phi) is 5.01. The fourth-order valence-corrected chi connectivity index (χ4v) is 3.42. The molecular weight excluding hydrogens is 386 g/mol. The van der Waals surface area contributed by atoms with Crippen LogP contribution in [0.2, 0.25) is 0 Å². The van der Waals surface area contributed by atoms with E-state index < -0.39 is 5.69 Å².